The number of nitrogens with zero attached hydrogens (tertiary/aromatic N) is 5. The van der Waals surface area contributed by atoms with Crippen molar-refractivity contribution >= 4 is 11.9 Å². The summed E-state index contributed by atoms with van der Waals surface area (Å²) >= 11 is 0. The van der Waals surface area contributed by atoms with Crippen molar-refractivity contribution in [2.45, 2.75) is 12.5 Å². The van der Waals surface area contributed by atoms with E-state index in [1.165, 1.54) is 0 Å². The number of nitrogens with two attached hydrogens (primary N) is 1. The lowest BCUT2D eigenvalue weighted by atomic mass is 10.3. The maximum atomic E-state index is 9.57. The monoisotopic (exact) mass is 294 g/mol. The van der Waals surface area contributed by atoms with Crippen LogP contribution in [0.1, 0.15) is 6.42 Å². The van der Waals surface area contributed by atoms with E-state index >= 15 is 0 Å². The first-order chi connectivity index (χ1) is 10.2. The van der Waals surface area contributed by atoms with Gasteiger partial charge in [0.05, 0.1) is 12.7 Å². The number of anilines is 2. The van der Waals surface area contributed by atoms with Crippen molar-refractivity contribution < 1.29 is 9.84 Å². The van der Waals surface area contributed by atoms with Crippen LogP contribution in [0.25, 0.3) is 5.95 Å². The highest BCUT2D eigenvalue weighted by Gasteiger charge is 2.08. The topological polar surface area (TPSA) is 136 Å². The summed E-state index contributed by atoms with van der Waals surface area (Å²) in [6, 6.07) is 0. The zero-order valence-corrected chi connectivity index (χ0v) is 11.6. The van der Waals surface area contributed by atoms with E-state index in [-0.39, 0.29) is 12.6 Å². The third-order valence-corrected chi connectivity index (χ3v) is 2.61. The average Bonchev–Trinajstić information content (AvgIpc) is 3.01. The van der Waals surface area contributed by atoms with E-state index in [9.17, 15) is 5.11 Å². The summed E-state index contributed by atoms with van der Waals surface area (Å²) in [6.07, 6.45) is 4.87. The van der Waals surface area contributed by atoms with E-state index in [4.69, 9.17) is 10.6 Å². The van der Waals surface area contributed by atoms with Crippen LogP contribution in [0, 0.1) is 0 Å². The van der Waals surface area contributed by atoms with Crippen molar-refractivity contribution in [3.05, 3.63) is 18.7 Å². The number of rotatable bonds is 8. The summed E-state index contributed by atoms with van der Waals surface area (Å²) in [6.45, 7) is 0.774. The summed E-state index contributed by atoms with van der Waals surface area (Å²) < 4.78 is 6.49. The zero-order valence-electron chi connectivity index (χ0n) is 11.6. The minimum Gasteiger partial charge on any atom is -0.391 e. The van der Waals surface area contributed by atoms with E-state index in [2.05, 4.69) is 30.7 Å². The molecule has 2 aromatic rings. The smallest absolute Gasteiger partial charge is 0.243 e. The van der Waals surface area contributed by atoms with Gasteiger partial charge in [0.15, 0.2) is 0 Å². The number of hydrogen-bond acceptors (Lipinski definition) is 9. The van der Waals surface area contributed by atoms with Gasteiger partial charge in [-0.1, -0.05) is 0 Å². The molecule has 0 amide bonds. The summed E-state index contributed by atoms with van der Waals surface area (Å²) in [7, 11) is 1.54. The number of ether oxygens (including phenoxy) is 1. The molecule has 21 heavy (non-hydrogen) atoms. The standard InChI is InChI=1S/C11H18N8O2/c1-21-6-8(20)2-3-14-9-15-10(18-12)17-11(16-9)19-5-4-13-7-19/h4-5,7-8,20H,2-3,6,12H2,1H3,(H2,14,15,16,17,18). The molecule has 0 aliphatic carbocycles. The van der Waals surface area contributed by atoms with Gasteiger partial charge in [-0.05, 0) is 6.42 Å². The number of imidazole rings is 1. The largest absolute Gasteiger partial charge is 0.391 e. The van der Waals surface area contributed by atoms with Crippen LogP contribution in [-0.2, 0) is 4.74 Å². The lowest BCUT2D eigenvalue weighted by Gasteiger charge is -2.11. The van der Waals surface area contributed by atoms with Crippen molar-refractivity contribution in [3.63, 3.8) is 0 Å². The van der Waals surface area contributed by atoms with Gasteiger partial charge in [-0.2, -0.15) is 15.0 Å². The lowest BCUT2D eigenvalue weighted by molar-refractivity contribution is 0.0615. The van der Waals surface area contributed by atoms with Crippen molar-refractivity contribution in [2.24, 2.45) is 5.84 Å². The number of aliphatic hydroxyl groups excluding tert-OH is 1. The van der Waals surface area contributed by atoms with Crippen LogP contribution < -0.4 is 16.6 Å². The molecule has 10 nitrogen and oxygen atoms in total. The highest BCUT2D eigenvalue weighted by molar-refractivity contribution is 5.37. The molecule has 0 saturated heterocycles. The highest BCUT2D eigenvalue weighted by Crippen LogP contribution is 2.08. The van der Waals surface area contributed by atoms with Crippen LogP contribution in [0.5, 0.6) is 0 Å². The predicted octanol–water partition coefficient (Wildman–Crippen LogP) is -0.848. The summed E-state index contributed by atoms with van der Waals surface area (Å²) in [5.41, 5.74) is 2.38. The van der Waals surface area contributed by atoms with Gasteiger partial charge < -0.3 is 15.2 Å². The van der Waals surface area contributed by atoms with Crippen LogP contribution in [0.4, 0.5) is 11.9 Å². The normalized spacial score (nSPS) is 12.1. The van der Waals surface area contributed by atoms with Gasteiger partial charge in [-0.3, -0.25) is 9.99 Å². The first-order valence-corrected chi connectivity index (χ1v) is 6.35. The molecule has 0 radical (unpaired) electrons. The molecular formula is C11H18N8O2. The van der Waals surface area contributed by atoms with Crippen molar-refractivity contribution in [2.75, 3.05) is 31.0 Å². The number of hydrogen-bond donors (Lipinski definition) is 4. The minimum atomic E-state index is -0.537. The third-order valence-electron chi connectivity index (χ3n) is 2.61. The first-order valence-electron chi connectivity index (χ1n) is 6.35. The number of hydrazine groups is 1. The highest BCUT2D eigenvalue weighted by atomic mass is 16.5. The Labute approximate surface area is 121 Å². The van der Waals surface area contributed by atoms with Gasteiger partial charge in [-0.15, -0.1) is 0 Å². The van der Waals surface area contributed by atoms with Crippen molar-refractivity contribution in [1.82, 2.24) is 24.5 Å². The van der Waals surface area contributed by atoms with Crippen LogP contribution in [0.2, 0.25) is 0 Å². The summed E-state index contributed by atoms with van der Waals surface area (Å²) in [5.74, 6) is 6.31. The van der Waals surface area contributed by atoms with E-state index < -0.39 is 6.10 Å². The number of nitrogen functional groups attached to an aromatic ring is 1. The molecule has 0 fully saturated rings. The molecule has 0 saturated carbocycles. The second kappa shape index (κ2) is 7.47. The number of nitrogens with one attached hydrogen (secondary N) is 2. The molecule has 0 aliphatic heterocycles. The number of aromatic nitrogens is 5. The Morgan fingerprint density at radius 3 is 2.86 bits per heavy atom. The van der Waals surface area contributed by atoms with Gasteiger partial charge in [0.2, 0.25) is 17.8 Å². The summed E-state index contributed by atoms with van der Waals surface area (Å²) in [5, 5.41) is 12.6. The average molecular weight is 294 g/mol. The number of methoxy groups -OCH3 is 1. The Morgan fingerprint density at radius 1 is 1.38 bits per heavy atom. The SMILES string of the molecule is COCC(O)CCNc1nc(NN)nc(-n2ccnc2)n1. The molecule has 2 rings (SSSR count). The van der Waals surface area contributed by atoms with Crippen LogP contribution in [0.15, 0.2) is 18.7 Å². The van der Waals surface area contributed by atoms with Crippen molar-refractivity contribution in [3.8, 4) is 5.95 Å². The molecule has 114 valence electrons. The van der Waals surface area contributed by atoms with Gasteiger partial charge in [-0.25, -0.2) is 10.8 Å². The van der Waals surface area contributed by atoms with E-state index in [1.807, 2.05) is 0 Å². The molecule has 0 aromatic carbocycles. The van der Waals surface area contributed by atoms with Gasteiger partial charge >= 0.3 is 0 Å². The molecule has 2 aromatic heterocycles. The second-order valence-corrected chi connectivity index (χ2v) is 4.22. The maximum Gasteiger partial charge on any atom is 0.243 e. The van der Waals surface area contributed by atoms with Gasteiger partial charge in [0, 0.05) is 26.0 Å². The van der Waals surface area contributed by atoms with Gasteiger partial charge in [0.25, 0.3) is 0 Å². The fourth-order valence-corrected chi connectivity index (χ4v) is 1.63. The maximum absolute atomic E-state index is 9.57. The van der Waals surface area contributed by atoms with E-state index in [1.54, 1.807) is 30.4 Å². The zero-order chi connectivity index (χ0) is 15.1. The Morgan fingerprint density at radius 2 is 2.19 bits per heavy atom. The lowest BCUT2D eigenvalue weighted by Crippen LogP contribution is -2.20. The molecule has 0 bridgehead atoms. The van der Waals surface area contributed by atoms with Crippen LogP contribution >= 0.6 is 0 Å². The molecule has 10 heteroatoms. The molecule has 1 atom stereocenters. The molecule has 1 unspecified atom stereocenters. The van der Waals surface area contributed by atoms with Crippen LogP contribution in [0.3, 0.4) is 0 Å². The third kappa shape index (κ3) is 4.34. The molecule has 0 spiro atoms. The Balaban J connectivity index is 2.03. The summed E-state index contributed by atoms with van der Waals surface area (Å²) in [4.78, 5) is 16.4. The Kier molecular flexibility index (Phi) is 5.37. The Bertz CT molecular complexity index is 547. The number of aliphatic hydroxyl groups is 1. The van der Waals surface area contributed by atoms with E-state index in [0.29, 0.717) is 24.9 Å². The molecule has 0 aliphatic rings. The Hall–Kier alpha value is -2.30. The second-order valence-electron chi connectivity index (χ2n) is 4.22. The quantitative estimate of drug-likeness (QED) is 0.362. The molecular weight excluding hydrogens is 276 g/mol. The van der Waals surface area contributed by atoms with E-state index in [0.717, 1.165) is 0 Å². The van der Waals surface area contributed by atoms with Gasteiger partial charge in [0.1, 0.15) is 6.33 Å². The minimum absolute atomic E-state index is 0.230. The van der Waals surface area contributed by atoms with Crippen LogP contribution in [-0.4, -0.2) is 56.0 Å². The molecule has 2 heterocycles. The fourth-order valence-electron chi connectivity index (χ4n) is 1.63. The van der Waals surface area contributed by atoms with Crippen molar-refractivity contribution in [1.29, 1.82) is 0 Å². The molecule has 5 N–H and O–H groups in total. The fraction of sp³-hybridized carbons (Fsp3) is 0.455. The first kappa shape index (κ1) is 15.1. The predicted molar refractivity (Wildman–Crippen MR) is 75.7 cm³/mol.